The van der Waals surface area contributed by atoms with Gasteiger partial charge in [-0.25, -0.2) is 4.79 Å². The van der Waals surface area contributed by atoms with Crippen LogP contribution in [0, 0.1) is 0 Å². The van der Waals surface area contributed by atoms with E-state index in [2.05, 4.69) is 72.6 Å². The summed E-state index contributed by atoms with van der Waals surface area (Å²) < 4.78 is 0. The van der Waals surface area contributed by atoms with Crippen molar-refractivity contribution in [1.29, 1.82) is 0 Å². The summed E-state index contributed by atoms with van der Waals surface area (Å²) in [6.07, 6.45) is 4.27. The number of benzene rings is 3. The zero-order valence-corrected chi connectivity index (χ0v) is 21.0. The molecular weight excluding hydrogens is 460 g/mol. The van der Waals surface area contributed by atoms with Crippen LogP contribution in [0.4, 0.5) is 11.4 Å². The lowest BCUT2D eigenvalue weighted by atomic mass is 9.99. The van der Waals surface area contributed by atoms with E-state index in [0.29, 0.717) is 5.56 Å². The van der Waals surface area contributed by atoms with Crippen LogP contribution < -0.4 is 10.2 Å². The van der Waals surface area contributed by atoms with E-state index in [1.165, 1.54) is 15.5 Å². The van der Waals surface area contributed by atoms with E-state index >= 15 is 0 Å². The number of carboxylic acid groups (broad SMARTS) is 1. The molecule has 1 aliphatic rings. The fourth-order valence-electron chi connectivity index (χ4n) is 3.94. The van der Waals surface area contributed by atoms with Crippen LogP contribution in [0.1, 0.15) is 29.8 Å². The minimum atomic E-state index is -0.917. The smallest absolute Gasteiger partial charge is 0.336 e. The monoisotopic (exact) mass is 488 g/mol. The van der Waals surface area contributed by atoms with Gasteiger partial charge in [-0.3, -0.25) is 0 Å². The molecule has 1 heterocycles. The molecule has 0 saturated heterocycles. The molecule has 0 amide bonds. The van der Waals surface area contributed by atoms with Crippen molar-refractivity contribution >= 4 is 46.4 Å². The Bertz CT molecular complexity index is 1240. The van der Waals surface area contributed by atoms with Gasteiger partial charge < -0.3 is 15.3 Å². The third-order valence-electron chi connectivity index (χ3n) is 5.50. The number of thioether (sulfide) groups is 2. The molecule has 0 radical (unpaired) electrons. The molecule has 0 aliphatic carbocycles. The SMILES string of the molecule is CCNc1ccccc1SC/C=C(/C=C1\Sc2ccccc2N1CC)c1ccccc1C(=O)O. The van der Waals surface area contributed by atoms with Gasteiger partial charge in [-0.15, -0.1) is 11.8 Å². The second kappa shape index (κ2) is 11.4. The molecular formula is C28H28N2O2S2. The van der Waals surface area contributed by atoms with Gasteiger partial charge in [0.2, 0.25) is 0 Å². The van der Waals surface area contributed by atoms with Gasteiger partial charge in [0.1, 0.15) is 0 Å². The number of nitrogens with zero attached hydrogens (tertiary/aromatic N) is 1. The van der Waals surface area contributed by atoms with Crippen LogP contribution in [0.15, 0.2) is 99.8 Å². The van der Waals surface area contributed by atoms with Crippen LogP contribution in [0.3, 0.4) is 0 Å². The van der Waals surface area contributed by atoms with Crippen molar-refractivity contribution in [3.63, 3.8) is 0 Å². The number of carboxylic acids is 1. The van der Waals surface area contributed by atoms with Crippen molar-refractivity contribution in [3.05, 3.63) is 101 Å². The first-order chi connectivity index (χ1) is 16.6. The molecule has 0 atom stereocenters. The normalized spacial score (nSPS) is 14.4. The third kappa shape index (κ3) is 5.34. The maximum Gasteiger partial charge on any atom is 0.336 e. The van der Waals surface area contributed by atoms with E-state index in [4.69, 9.17) is 0 Å². The number of carbonyl (C=O) groups is 1. The molecule has 0 fully saturated rings. The predicted molar refractivity (Wildman–Crippen MR) is 146 cm³/mol. The second-order valence-electron chi connectivity index (χ2n) is 7.64. The van der Waals surface area contributed by atoms with Crippen LogP contribution in [-0.2, 0) is 0 Å². The lowest BCUT2D eigenvalue weighted by Gasteiger charge is -2.19. The van der Waals surface area contributed by atoms with E-state index in [1.807, 2.05) is 24.3 Å². The van der Waals surface area contributed by atoms with Crippen LogP contribution >= 0.6 is 23.5 Å². The Balaban J connectivity index is 1.70. The van der Waals surface area contributed by atoms with E-state index in [0.717, 1.165) is 40.7 Å². The van der Waals surface area contributed by atoms with Crippen molar-refractivity contribution in [1.82, 2.24) is 0 Å². The predicted octanol–water partition coefficient (Wildman–Crippen LogP) is 7.47. The van der Waals surface area contributed by atoms with Crippen molar-refractivity contribution in [2.75, 3.05) is 29.1 Å². The van der Waals surface area contributed by atoms with E-state index in [-0.39, 0.29) is 0 Å². The number of anilines is 2. The van der Waals surface area contributed by atoms with E-state index in [9.17, 15) is 9.90 Å². The fourth-order valence-corrected chi connectivity index (χ4v) is 6.03. The molecule has 0 aromatic heterocycles. The van der Waals surface area contributed by atoms with Crippen LogP contribution in [0.5, 0.6) is 0 Å². The average molecular weight is 489 g/mol. The summed E-state index contributed by atoms with van der Waals surface area (Å²) in [6, 6.07) is 23.9. The summed E-state index contributed by atoms with van der Waals surface area (Å²) in [4.78, 5) is 16.7. The zero-order chi connectivity index (χ0) is 23.9. The van der Waals surface area contributed by atoms with Crippen molar-refractivity contribution in [3.8, 4) is 0 Å². The standard InChI is InChI=1S/C28H28N2O2S2/c1-3-29-23-13-7-9-15-25(23)33-18-17-20(21-11-5-6-12-22(21)28(31)32)19-27-30(4-2)24-14-8-10-16-26(24)34-27/h5-17,19,29H,3-4,18H2,1-2H3,(H,31,32)/b20-17-,27-19-. The maximum absolute atomic E-state index is 12.0. The Morgan fingerprint density at radius 2 is 1.71 bits per heavy atom. The Morgan fingerprint density at radius 1 is 1.00 bits per heavy atom. The second-order valence-corrected chi connectivity index (χ2v) is 9.77. The molecule has 0 unspecified atom stereocenters. The van der Waals surface area contributed by atoms with Gasteiger partial charge in [0.15, 0.2) is 0 Å². The van der Waals surface area contributed by atoms with Crippen LogP contribution in [-0.4, -0.2) is 29.9 Å². The first kappa shape index (κ1) is 24.0. The van der Waals surface area contributed by atoms with Gasteiger partial charge in [-0.1, -0.05) is 60.3 Å². The Kier molecular flexibility index (Phi) is 8.03. The molecule has 4 rings (SSSR count). The Hall–Kier alpha value is -3.09. The van der Waals surface area contributed by atoms with Crippen molar-refractivity contribution < 1.29 is 9.90 Å². The quantitative estimate of drug-likeness (QED) is 0.305. The first-order valence-corrected chi connectivity index (χ1v) is 13.2. The summed E-state index contributed by atoms with van der Waals surface area (Å²) in [5, 5.41) is 14.4. The first-order valence-electron chi connectivity index (χ1n) is 11.4. The minimum Gasteiger partial charge on any atom is -0.478 e. The highest BCUT2D eigenvalue weighted by Gasteiger charge is 2.24. The molecule has 3 aromatic rings. The Labute approximate surface area is 209 Å². The number of nitrogens with one attached hydrogen (secondary N) is 1. The van der Waals surface area contributed by atoms with E-state index < -0.39 is 5.97 Å². The van der Waals surface area contributed by atoms with Crippen molar-refractivity contribution in [2.24, 2.45) is 0 Å². The van der Waals surface area contributed by atoms with Gasteiger partial charge in [-0.2, -0.15) is 0 Å². The zero-order valence-electron chi connectivity index (χ0n) is 19.3. The number of fused-ring (bicyclic) bond motifs is 1. The number of aromatic carboxylic acids is 1. The number of rotatable bonds is 9. The van der Waals surface area contributed by atoms with E-state index in [1.54, 1.807) is 35.7 Å². The molecule has 174 valence electrons. The van der Waals surface area contributed by atoms with Crippen LogP contribution in [0.25, 0.3) is 5.57 Å². The molecule has 2 N–H and O–H groups in total. The average Bonchev–Trinajstić information content (AvgIpc) is 3.21. The van der Waals surface area contributed by atoms with Gasteiger partial charge in [0, 0.05) is 34.3 Å². The number of allylic oxidation sites excluding steroid dienone is 2. The molecule has 0 saturated carbocycles. The highest BCUT2D eigenvalue weighted by Crippen LogP contribution is 2.46. The van der Waals surface area contributed by atoms with Gasteiger partial charge >= 0.3 is 5.97 Å². The van der Waals surface area contributed by atoms with Crippen molar-refractivity contribution in [2.45, 2.75) is 23.6 Å². The molecule has 34 heavy (non-hydrogen) atoms. The topological polar surface area (TPSA) is 52.6 Å². The largest absolute Gasteiger partial charge is 0.478 e. The fraction of sp³-hybridized carbons (Fsp3) is 0.179. The van der Waals surface area contributed by atoms with Gasteiger partial charge in [-0.05, 0) is 61.4 Å². The summed E-state index contributed by atoms with van der Waals surface area (Å²) in [5.74, 6) is -0.195. The number of hydrogen-bond donors (Lipinski definition) is 2. The molecule has 4 nitrogen and oxygen atoms in total. The summed E-state index contributed by atoms with van der Waals surface area (Å²) in [6.45, 7) is 5.93. The maximum atomic E-state index is 12.0. The van der Waals surface area contributed by atoms with Gasteiger partial charge in [0.05, 0.1) is 16.3 Å². The molecule has 0 spiro atoms. The minimum absolute atomic E-state index is 0.312. The molecule has 1 aliphatic heterocycles. The number of hydrogen-bond acceptors (Lipinski definition) is 5. The Morgan fingerprint density at radius 3 is 2.47 bits per heavy atom. The molecule has 6 heteroatoms. The highest BCUT2D eigenvalue weighted by atomic mass is 32.2. The lowest BCUT2D eigenvalue weighted by molar-refractivity contribution is 0.0696. The summed E-state index contributed by atoms with van der Waals surface area (Å²) >= 11 is 3.47. The molecule has 3 aromatic carbocycles. The third-order valence-corrected chi connectivity index (χ3v) is 7.61. The molecule has 0 bridgehead atoms. The summed E-state index contributed by atoms with van der Waals surface area (Å²) in [7, 11) is 0. The van der Waals surface area contributed by atoms with Gasteiger partial charge in [0.25, 0.3) is 0 Å². The highest BCUT2D eigenvalue weighted by molar-refractivity contribution is 8.03. The summed E-state index contributed by atoms with van der Waals surface area (Å²) in [5.41, 5.74) is 4.28. The van der Waals surface area contributed by atoms with Crippen LogP contribution in [0.2, 0.25) is 0 Å². The number of para-hydroxylation sites is 2. The lowest BCUT2D eigenvalue weighted by Crippen LogP contribution is -2.16.